The van der Waals surface area contributed by atoms with Gasteiger partial charge in [0, 0.05) is 16.4 Å². The predicted octanol–water partition coefficient (Wildman–Crippen LogP) is 3.23. The first-order chi connectivity index (χ1) is 9.17. The zero-order valence-corrected chi connectivity index (χ0v) is 12.8. The van der Waals surface area contributed by atoms with Crippen LogP contribution in [0.5, 0.6) is 0 Å². The van der Waals surface area contributed by atoms with Gasteiger partial charge < -0.3 is 10.1 Å². The number of nitrogens with one attached hydrogen (secondary N) is 1. The van der Waals surface area contributed by atoms with Gasteiger partial charge in [-0.2, -0.15) is 0 Å². The molecule has 0 unspecified atom stereocenters. The summed E-state index contributed by atoms with van der Waals surface area (Å²) in [6.45, 7) is 0.707. The van der Waals surface area contributed by atoms with Crippen LogP contribution in [0.4, 0.5) is 5.13 Å². The second-order valence-electron chi connectivity index (χ2n) is 3.88. The lowest BCUT2D eigenvalue weighted by Gasteiger charge is -2.02. The third-order valence-corrected chi connectivity index (χ3v) is 3.84. The maximum Gasteiger partial charge on any atom is 0.311 e. The van der Waals surface area contributed by atoms with E-state index in [0.717, 1.165) is 15.3 Å². The van der Waals surface area contributed by atoms with E-state index in [1.165, 1.54) is 24.0 Å². The Hall–Kier alpha value is -1.40. The lowest BCUT2D eigenvalue weighted by Crippen LogP contribution is -2.05. The second kappa shape index (κ2) is 6.68. The summed E-state index contributed by atoms with van der Waals surface area (Å²) in [5.41, 5.74) is 1.91. The molecule has 1 heterocycles. The van der Waals surface area contributed by atoms with Crippen LogP contribution in [-0.4, -0.2) is 18.1 Å². The van der Waals surface area contributed by atoms with Crippen molar-refractivity contribution in [3.8, 4) is 0 Å². The van der Waals surface area contributed by atoms with Gasteiger partial charge in [0.15, 0.2) is 5.13 Å². The zero-order chi connectivity index (χ0) is 13.7. The van der Waals surface area contributed by atoms with Gasteiger partial charge in [0.1, 0.15) is 0 Å². The number of thiazole rings is 1. The van der Waals surface area contributed by atoms with Gasteiger partial charge in [-0.05, 0) is 17.7 Å². The Kier molecular flexibility index (Phi) is 4.93. The highest BCUT2D eigenvalue weighted by Crippen LogP contribution is 2.17. The molecule has 0 amide bonds. The van der Waals surface area contributed by atoms with E-state index in [4.69, 9.17) is 0 Å². The van der Waals surface area contributed by atoms with Gasteiger partial charge >= 0.3 is 5.97 Å². The van der Waals surface area contributed by atoms with Crippen molar-refractivity contribution in [3.05, 3.63) is 45.4 Å². The highest BCUT2D eigenvalue weighted by atomic mass is 79.9. The summed E-state index contributed by atoms with van der Waals surface area (Å²) < 4.78 is 5.67. The van der Waals surface area contributed by atoms with Crippen molar-refractivity contribution in [3.63, 3.8) is 0 Å². The van der Waals surface area contributed by atoms with Crippen molar-refractivity contribution in [2.24, 2.45) is 0 Å². The van der Waals surface area contributed by atoms with Crippen LogP contribution >= 0.6 is 27.3 Å². The summed E-state index contributed by atoms with van der Waals surface area (Å²) in [6, 6.07) is 8.09. The summed E-state index contributed by atoms with van der Waals surface area (Å²) >= 11 is 4.89. The number of nitrogens with zero attached hydrogens (tertiary/aromatic N) is 1. The number of anilines is 1. The monoisotopic (exact) mass is 340 g/mol. The fourth-order valence-corrected chi connectivity index (χ4v) is 2.44. The Morgan fingerprint density at radius 2 is 2.16 bits per heavy atom. The van der Waals surface area contributed by atoms with E-state index in [1.54, 1.807) is 0 Å². The summed E-state index contributed by atoms with van der Waals surface area (Å²) in [4.78, 5) is 15.4. The minimum Gasteiger partial charge on any atom is -0.469 e. The maximum absolute atomic E-state index is 11.1. The van der Waals surface area contributed by atoms with E-state index in [0.29, 0.717) is 6.54 Å². The number of carbonyl (C=O) groups is 1. The number of esters is 1. The Morgan fingerprint density at radius 3 is 2.84 bits per heavy atom. The third kappa shape index (κ3) is 4.33. The Morgan fingerprint density at radius 1 is 1.42 bits per heavy atom. The largest absolute Gasteiger partial charge is 0.469 e. The van der Waals surface area contributed by atoms with Gasteiger partial charge in [-0.3, -0.25) is 4.79 Å². The van der Waals surface area contributed by atoms with E-state index in [9.17, 15) is 4.79 Å². The van der Waals surface area contributed by atoms with Crippen LogP contribution in [0, 0.1) is 0 Å². The third-order valence-electron chi connectivity index (χ3n) is 2.46. The predicted molar refractivity (Wildman–Crippen MR) is 79.3 cm³/mol. The molecule has 2 aromatic rings. The lowest BCUT2D eigenvalue weighted by atomic mass is 10.2. The van der Waals surface area contributed by atoms with Crippen molar-refractivity contribution < 1.29 is 9.53 Å². The molecule has 2 rings (SSSR count). The summed E-state index contributed by atoms with van der Waals surface area (Å²) in [6.07, 6.45) is 0.215. The quantitative estimate of drug-likeness (QED) is 0.849. The van der Waals surface area contributed by atoms with Crippen molar-refractivity contribution in [1.82, 2.24) is 4.98 Å². The molecular weight excluding hydrogens is 328 g/mol. The number of rotatable bonds is 5. The smallest absolute Gasteiger partial charge is 0.311 e. The first-order valence-corrected chi connectivity index (χ1v) is 7.34. The van der Waals surface area contributed by atoms with Crippen LogP contribution in [-0.2, 0) is 22.5 Å². The number of hydrogen-bond acceptors (Lipinski definition) is 5. The molecule has 1 aromatic heterocycles. The molecule has 1 aromatic carbocycles. The number of carbonyl (C=O) groups excluding carboxylic acids is 1. The number of benzene rings is 1. The van der Waals surface area contributed by atoms with Crippen LogP contribution in [0.15, 0.2) is 34.1 Å². The SMILES string of the molecule is COC(=O)Cc1csc(NCc2ccc(Br)cc2)n1. The topological polar surface area (TPSA) is 51.2 Å². The van der Waals surface area contributed by atoms with Gasteiger partial charge in [0.05, 0.1) is 19.2 Å². The van der Waals surface area contributed by atoms with Crippen molar-refractivity contribution in [2.45, 2.75) is 13.0 Å². The molecule has 0 fully saturated rings. The van der Waals surface area contributed by atoms with Crippen LogP contribution in [0.25, 0.3) is 0 Å². The fraction of sp³-hybridized carbons (Fsp3) is 0.231. The van der Waals surface area contributed by atoms with Crippen LogP contribution < -0.4 is 5.32 Å². The first-order valence-electron chi connectivity index (χ1n) is 5.67. The highest BCUT2D eigenvalue weighted by molar-refractivity contribution is 9.10. The molecule has 0 saturated heterocycles. The molecule has 0 bridgehead atoms. The summed E-state index contributed by atoms with van der Waals surface area (Å²) in [7, 11) is 1.38. The number of aromatic nitrogens is 1. The highest BCUT2D eigenvalue weighted by Gasteiger charge is 2.07. The van der Waals surface area contributed by atoms with E-state index in [1.807, 2.05) is 29.6 Å². The van der Waals surface area contributed by atoms with E-state index in [-0.39, 0.29) is 12.4 Å². The molecule has 0 aliphatic carbocycles. The number of ether oxygens (including phenoxy) is 1. The van der Waals surface area contributed by atoms with Crippen LogP contribution in [0.2, 0.25) is 0 Å². The minimum absolute atomic E-state index is 0.215. The Bertz CT molecular complexity index is 554. The number of hydrogen-bond donors (Lipinski definition) is 1. The van der Waals surface area contributed by atoms with Gasteiger partial charge in [0.2, 0.25) is 0 Å². The average molecular weight is 341 g/mol. The Labute approximate surface area is 124 Å². The maximum atomic E-state index is 11.1. The normalized spacial score (nSPS) is 10.2. The molecular formula is C13H13BrN2O2S. The van der Waals surface area contributed by atoms with Gasteiger partial charge in [-0.15, -0.1) is 11.3 Å². The summed E-state index contributed by atoms with van der Waals surface area (Å²) in [5, 5.41) is 5.90. The van der Waals surface area contributed by atoms with E-state index in [2.05, 4.69) is 31.0 Å². The Balaban J connectivity index is 1.89. The summed E-state index contributed by atoms with van der Waals surface area (Å²) in [5.74, 6) is -0.273. The molecule has 19 heavy (non-hydrogen) atoms. The molecule has 0 aliphatic rings. The molecule has 4 nitrogen and oxygen atoms in total. The van der Waals surface area contributed by atoms with Gasteiger partial charge in [-0.1, -0.05) is 28.1 Å². The van der Waals surface area contributed by atoms with E-state index >= 15 is 0 Å². The van der Waals surface area contributed by atoms with E-state index < -0.39 is 0 Å². The van der Waals surface area contributed by atoms with Crippen molar-refractivity contribution >= 4 is 38.4 Å². The van der Waals surface area contributed by atoms with Gasteiger partial charge in [0.25, 0.3) is 0 Å². The second-order valence-corrected chi connectivity index (χ2v) is 5.65. The molecule has 0 atom stereocenters. The molecule has 100 valence electrons. The van der Waals surface area contributed by atoms with Crippen molar-refractivity contribution in [1.29, 1.82) is 0 Å². The van der Waals surface area contributed by atoms with Crippen molar-refractivity contribution in [2.75, 3.05) is 12.4 Å². The lowest BCUT2D eigenvalue weighted by molar-refractivity contribution is -0.139. The minimum atomic E-state index is -0.273. The van der Waals surface area contributed by atoms with Gasteiger partial charge in [-0.25, -0.2) is 4.98 Å². The molecule has 1 N–H and O–H groups in total. The molecule has 0 spiro atoms. The molecule has 0 radical (unpaired) electrons. The average Bonchev–Trinajstić information content (AvgIpc) is 2.85. The molecule has 0 saturated carbocycles. The standard InChI is InChI=1S/C13H13BrN2O2S/c1-18-12(17)6-11-8-19-13(16-11)15-7-9-2-4-10(14)5-3-9/h2-5,8H,6-7H2,1H3,(H,15,16). The number of halogens is 1. The van der Waals surface area contributed by atoms with Crippen LogP contribution in [0.3, 0.4) is 0 Å². The zero-order valence-electron chi connectivity index (χ0n) is 10.4. The molecule has 0 aliphatic heterocycles. The fourth-order valence-electron chi connectivity index (χ4n) is 1.47. The number of methoxy groups -OCH3 is 1. The van der Waals surface area contributed by atoms with Crippen LogP contribution in [0.1, 0.15) is 11.3 Å². The first kappa shape index (κ1) is 14.0. The molecule has 6 heteroatoms.